The van der Waals surface area contributed by atoms with Gasteiger partial charge >= 0.3 is 0 Å². The third kappa shape index (κ3) is 3.01. The monoisotopic (exact) mass is 307 g/mol. The largest absolute Gasteiger partial charge is 0.472 e. The molecule has 94 valence electrons. The zero-order chi connectivity index (χ0) is 13.0. The average Bonchev–Trinajstić information content (AvgIpc) is 2.91. The van der Waals surface area contributed by atoms with Crippen LogP contribution in [-0.4, -0.2) is 5.91 Å². The van der Waals surface area contributed by atoms with Crippen LogP contribution in [0.3, 0.4) is 0 Å². The van der Waals surface area contributed by atoms with Crippen LogP contribution in [0.2, 0.25) is 0 Å². The molecular weight excluding hydrogens is 294 g/mol. The van der Waals surface area contributed by atoms with E-state index in [1.54, 1.807) is 6.07 Å². The standard InChI is InChI=1S/C14H14BrNO2/c1-2-13(10-3-5-12(15)6-4-10)16-14(17)11-7-8-18-9-11/h3-9,13H,2H2,1H3,(H,16,17)/t13-/m1/s1. The highest BCUT2D eigenvalue weighted by molar-refractivity contribution is 9.10. The first-order valence-corrected chi connectivity index (χ1v) is 6.58. The first kappa shape index (κ1) is 12.9. The predicted molar refractivity (Wildman–Crippen MR) is 73.3 cm³/mol. The molecule has 1 heterocycles. The Labute approximate surface area is 114 Å². The van der Waals surface area contributed by atoms with Gasteiger partial charge in [0.2, 0.25) is 0 Å². The molecule has 0 aliphatic heterocycles. The van der Waals surface area contributed by atoms with Crippen molar-refractivity contribution in [1.29, 1.82) is 0 Å². The zero-order valence-corrected chi connectivity index (χ0v) is 11.6. The first-order chi connectivity index (χ1) is 8.70. The van der Waals surface area contributed by atoms with E-state index in [1.165, 1.54) is 12.5 Å². The quantitative estimate of drug-likeness (QED) is 0.930. The van der Waals surface area contributed by atoms with Gasteiger partial charge < -0.3 is 9.73 Å². The number of carbonyl (C=O) groups excluding carboxylic acids is 1. The Morgan fingerprint density at radius 3 is 2.61 bits per heavy atom. The summed E-state index contributed by atoms with van der Waals surface area (Å²) in [6.45, 7) is 2.04. The molecule has 3 nitrogen and oxygen atoms in total. The molecular formula is C14H14BrNO2. The average molecular weight is 308 g/mol. The van der Waals surface area contributed by atoms with Gasteiger partial charge in [-0.15, -0.1) is 0 Å². The molecule has 1 atom stereocenters. The molecule has 0 radical (unpaired) electrons. The molecule has 4 heteroatoms. The molecule has 1 amide bonds. The number of carbonyl (C=O) groups is 1. The molecule has 0 fully saturated rings. The Morgan fingerprint density at radius 1 is 1.33 bits per heavy atom. The molecule has 1 aromatic carbocycles. The second-order valence-electron chi connectivity index (χ2n) is 4.00. The van der Waals surface area contributed by atoms with E-state index < -0.39 is 0 Å². The van der Waals surface area contributed by atoms with E-state index in [0.717, 1.165) is 16.5 Å². The highest BCUT2D eigenvalue weighted by Crippen LogP contribution is 2.20. The van der Waals surface area contributed by atoms with Crippen molar-refractivity contribution in [2.45, 2.75) is 19.4 Å². The maximum atomic E-state index is 11.9. The second kappa shape index (κ2) is 5.87. The minimum Gasteiger partial charge on any atom is -0.472 e. The zero-order valence-electron chi connectivity index (χ0n) is 10.0. The van der Waals surface area contributed by atoms with E-state index in [0.29, 0.717) is 5.56 Å². The van der Waals surface area contributed by atoms with Crippen LogP contribution in [0, 0.1) is 0 Å². The molecule has 0 aliphatic rings. The van der Waals surface area contributed by atoms with Gasteiger partial charge in [0.25, 0.3) is 5.91 Å². The van der Waals surface area contributed by atoms with Gasteiger partial charge in [-0.1, -0.05) is 35.0 Å². The minimum absolute atomic E-state index is 0.0144. The van der Waals surface area contributed by atoms with Crippen molar-refractivity contribution in [3.63, 3.8) is 0 Å². The summed E-state index contributed by atoms with van der Waals surface area (Å²) >= 11 is 3.40. The van der Waals surface area contributed by atoms with Crippen LogP contribution in [-0.2, 0) is 0 Å². The lowest BCUT2D eigenvalue weighted by Gasteiger charge is -2.17. The number of hydrogen-bond acceptors (Lipinski definition) is 2. The minimum atomic E-state index is -0.112. The fourth-order valence-electron chi connectivity index (χ4n) is 1.75. The van der Waals surface area contributed by atoms with Gasteiger partial charge in [0.05, 0.1) is 17.9 Å². The maximum Gasteiger partial charge on any atom is 0.255 e. The summed E-state index contributed by atoms with van der Waals surface area (Å²) in [6.07, 6.45) is 3.78. The number of furan rings is 1. The summed E-state index contributed by atoms with van der Waals surface area (Å²) in [5.41, 5.74) is 1.64. The van der Waals surface area contributed by atoms with Gasteiger partial charge in [-0.2, -0.15) is 0 Å². The van der Waals surface area contributed by atoms with Crippen LogP contribution in [0.1, 0.15) is 35.3 Å². The van der Waals surface area contributed by atoms with Gasteiger partial charge in [-0.05, 0) is 30.2 Å². The Bertz CT molecular complexity index is 505. The van der Waals surface area contributed by atoms with E-state index >= 15 is 0 Å². The fraction of sp³-hybridized carbons (Fsp3) is 0.214. The molecule has 2 rings (SSSR count). The number of amides is 1. The molecule has 18 heavy (non-hydrogen) atoms. The normalized spacial score (nSPS) is 12.1. The molecule has 1 N–H and O–H groups in total. The number of benzene rings is 1. The Kier molecular flexibility index (Phi) is 4.20. The molecule has 0 bridgehead atoms. The van der Waals surface area contributed by atoms with Crippen molar-refractivity contribution in [1.82, 2.24) is 5.32 Å². The summed E-state index contributed by atoms with van der Waals surface area (Å²) < 4.78 is 5.94. The molecule has 0 spiro atoms. The summed E-state index contributed by atoms with van der Waals surface area (Å²) in [6, 6.07) is 9.63. The van der Waals surface area contributed by atoms with E-state index in [4.69, 9.17) is 4.42 Å². The number of hydrogen-bond donors (Lipinski definition) is 1. The van der Waals surface area contributed by atoms with Crippen LogP contribution in [0.4, 0.5) is 0 Å². The van der Waals surface area contributed by atoms with Crippen molar-refractivity contribution in [3.8, 4) is 0 Å². The van der Waals surface area contributed by atoms with Crippen LogP contribution >= 0.6 is 15.9 Å². The van der Waals surface area contributed by atoms with Crippen molar-refractivity contribution < 1.29 is 9.21 Å². The predicted octanol–water partition coefficient (Wildman–Crippen LogP) is 3.92. The number of halogens is 1. The summed E-state index contributed by atoms with van der Waals surface area (Å²) in [5, 5.41) is 2.99. The SMILES string of the molecule is CC[C@@H](NC(=O)c1ccoc1)c1ccc(Br)cc1. The molecule has 0 saturated heterocycles. The van der Waals surface area contributed by atoms with E-state index in [-0.39, 0.29) is 11.9 Å². The topological polar surface area (TPSA) is 42.2 Å². The number of nitrogens with one attached hydrogen (secondary N) is 1. The van der Waals surface area contributed by atoms with Crippen molar-refractivity contribution in [2.75, 3.05) is 0 Å². The highest BCUT2D eigenvalue weighted by Gasteiger charge is 2.14. The molecule has 2 aromatic rings. The van der Waals surface area contributed by atoms with Crippen molar-refractivity contribution >= 4 is 21.8 Å². The highest BCUT2D eigenvalue weighted by atomic mass is 79.9. The lowest BCUT2D eigenvalue weighted by Crippen LogP contribution is -2.27. The fourth-order valence-corrected chi connectivity index (χ4v) is 2.02. The summed E-state index contributed by atoms with van der Waals surface area (Å²) in [5.74, 6) is -0.112. The smallest absolute Gasteiger partial charge is 0.255 e. The van der Waals surface area contributed by atoms with Crippen LogP contribution < -0.4 is 5.32 Å². The molecule has 1 aromatic heterocycles. The van der Waals surface area contributed by atoms with Crippen LogP contribution in [0.15, 0.2) is 51.7 Å². The molecule has 0 unspecified atom stereocenters. The maximum absolute atomic E-state index is 11.9. The Balaban J connectivity index is 2.10. The van der Waals surface area contributed by atoms with Crippen molar-refractivity contribution in [2.24, 2.45) is 0 Å². The number of rotatable bonds is 4. The van der Waals surface area contributed by atoms with Crippen LogP contribution in [0.5, 0.6) is 0 Å². The van der Waals surface area contributed by atoms with Gasteiger partial charge in [-0.3, -0.25) is 4.79 Å². The summed E-state index contributed by atoms with van der Waals surface area (Å²) in [7, 11) is 0. The lowest BCUT2D eigenvalue weighted by molar-refractivity contribution is 0.0935. The van der Waals surface area contributed by atoms with Gasteiger partial charge in [0.1, 0.15) is 6.26 Å². The van der Waals surface area contributed by atoms with E-state index in [1.807, 2.05) is 31.2 Å². The summed E-state index contributed by atoms with van der Waals surface area (Å²) in [4.78, 5) is 11.9. The third-order valence-corrected chi connectivity index (χ3v) is 3.30. The lowest BCUT2D eigenvalue weighted by atomic mass is 10.0. The van der Waals surface area contributed by atoms with Crippen molar-refractivity contribution in [3.05, 3.63) is 58.5 Å². The van der Waals surface area contributed by atoms with Crippen LogP contribution in [0.25, 0.3) is 0 Å². The molecule has 0 aliphatic carbocycles. The van der Waals surface area contributed by atoms with E-state index in [2.05, 4.69) is 21.2 Å². The second-order valence-corrected chi connectivity index (χ2v) is 4.91. The van der Waals surface area contributed by atoms with E-state index in [9.17, 15) is 4.79 Å². The Morgan fingerprint density at radius 2 is 2.06 bits per heavy atom. The molecule has 0 saturated carbocycles. The van der Waals surface area contributed by atoms with Gasteiger partial charge in [-0.25, -0.2) is 0 Å². The van der Waals surface area contributed by atoms with Gasteiger partial charge in [0, 0.05) is 4.47 Å². The Hall–Kier alpha value is -1.55. The van der Waals surface area contributed by atoms with Gasteiger partial charge in [0.15, 0.2) is 0 Å². The first-order valence-electron chi connectivity index (χ1n) is 5.79. The third-order valence-electron chi connectivity index (χ3n) is 2.77.